The number of nitrogens with zero attached hydrogens (tertiary/aromatic N) is 1. The molecule has 0 spiro atoms. The van der Waals surface area contributed by atoms with Crippen molar-refractivity contribution in [2.45, 2.75) is 4.90 Å². The number of fused-ring (bicyclic) bond motifs is 1. The number of amides is 1. The summed E-state index contributed by atoms with van der Waals surface area (Å²) in [6.07, 6.45) is 0. The number of carbonyl (C=O) groups is 1. The Morgan fingerprint density at radius 2 is 1.68 bits per heavy atom. The number of benzene rings is 3. The van der Waals surface area contributed by atoms with Crippen LogP contribution in [0, 0.1) is 17.5 Å². The topological polar surface area (TPSA) is 88.2 Å². The van der Waals surface area contributed by atoms with E-state index in [1.165, 1.54) is 24.3 Å². The van der Waals surface area contributed by atoms with E-state index < -0.39 is 33.4 Å². The highest BCUT2D eigenvalue weighted by Crippen LogP contribution is 2.29. The van der Waals surface area contributed by atoms with Crippen LogP contribution in [0.2, 0.25) is 0 Å². The molecule has 0 saturated carbocycles. The molecule has 0 fully saturated rings. The standard InChI is InChI=1S/C20H12F3N3O3S2/c21-12-4-6-15(7-5-12)31(28,29)26-14-3-1-2-11(8-14)19(27)25-20-24-18-16(23)9-13(22)10-17(18)30-20/h1-10,26H,(H,24,25,27). The maximum absolute atomic E-state index is 13.8. The summed E-state index contributed by atoms with van der Waals surface area (Å²) >= 11 is 0.896. The molecule has 1 aromatic heterocycles. The van der Waals surface area contributed by atoms with Gasteiger partial charge in [-0.1, -0.05) is 17.4 Å². The summed E-state index contributed by atoms with van der Waals surface area (Å²) in [7, 11) is -3.99. The maximum Gasteiger partial charge on any atom is 0.261 e. The van der Waals surface area contributed by atoms with E-state index in [0.717, 1.165) is 41.7 Å². The first-order valence-electron chi connectivity index (χ1n) is 8.67. The number of carbonyl (C=O) groups excluding carboxylic acids is 1. The Morgan fingerprint density at radius 3 is 2.42 bits per heavy atom. The number of anilines is 2. The number of hydrogen-bond acceptors (Lipinski definition) is 5. The lowest BCUT2D eigenvalue weighted by Crippen LogP contribution is -2.15. The maximum atomic E-state index is 13.8. The van der Waals surface area contributed by atoms with E-state index in [-0.39, 0.29) is 31.5 Å². The summed E-state index contributed by atoms with van der Waals surface area (Å²) < 4.78 is 67.6. The average Bonchev–Trinajstić information content (AvgIpc) is 3.10. The van der Waals surface area contributed by atoms with Gasteiger partial charge in [0, 0.05) is 17.3 Å². The third-order valence-corrected chi connectivity index (χ3v) is 6.45. The fraction of sp³-hybridized carbons (Fsp3) is 0. The molecule has 0 saturated heterocycles. The molecule has 2 N–H and O–H groups in total. The number of rotatable bonds is 5. The summed E-state index contributed by atoms with van der Waals surface area (Å²) in [6, 6.07) is 11.7. The minimum Gasteiger partial charge on any atom is -0.298 e. The van der Waals surface area contributed by atoms with Crippen LogP contribution in [0.5, 0.6) is 0 Å². The van der Waals surface area contributed by atoms with Gasteiger partial charge in [0.05, 0.1) is 9.60 Å². The predicted molar refractivity (Wildman–Crippen MR) is 111 cm³/mol. The van der Waals surface area contributed by atoms with Gasteiger partial charge in [0.25, 0.3) is 15.9 Å². The fourth-order valence-electron chi connectivity index (χ4n) is 2.73. The van der Waals surface area contributed by atoms with E-state index in [1.54, 1.807) is 0 Å². The second-order valence-electron chi connectivity index (χ2n) is 6.35. The highest BCUT2D eigenvalue weighted by atomic mass is 32.2. The third-order valence-electron chi connectivity index (χ3n) is 4.13. The summed E-state index contributed by atoms with van der Waals surface area (Å²) in [6.45, 7) is 0. The normalized spacial score (nSPS) is 11.5. The van der Waals surface area contributed by atoms with Crippen LogP contribution >= 0.6 is 11.3 Å². The molecule has 31 heavy (non-hydrogen) atoms. The van der Waals surface area contributed by atoms with Gasteiger partial charge in [-0.05, 0) is 48.5 Å². The molecule has 0 aliphatic heterocycles. The molecule has 11 heteroatoms. The second-order valence-corrected chi connectivity index (χ2v) is 9.06. The molecular formula is C20H12F3N3O3S2. The Hall–Kier alpha value is -3.44. The van der Waals surface area contributed by atoms with Crippen LogP contribution in [0.3, 0.4) is 0 Å². The number of thiazole rings is 1. The SMILES string of the molecule is O=C(Nc1nc2c(F)cc(F)cc2s1)c1cccc(NS(=O)(=O)c2ccc(F)cc2)c1. The molecule has 1 heterocycles. The van der Waals surface area contributed by atoms with Gasteiger partial charge in [-0.25, -0.2) is 26.6 Å². The molecule has 0 radical (unpaired) electrons. The van der Waals surface area contributed by atoms with E-state index in [4.69, 9.17) is 0 Å². The van der Waals surface area contributed by atoms with Crippen molar-refractivity contribution in [2.75, 3.05) is 10.0 Å². The highest BCUT2D eigenvalue weighted by Gasteiger charge is 2.17. The van der Waals surface area contributed by atoms with Crippen LogP contribution in [0.25, 0.3) is 10.2 Å². The largest absolute Gasteiger partial charge is 0.298 e. The Labute approximate surface area is 178 Å². The molecule has 0 atom stereocenters. The molecule has 3 aromatic carbocycles. The van der Waals surface area contributed by atoms with Crippen LogP contribution in [0.1, 0.15) is 10.4 Å². The zero-order valence-corrected chi connectivity index (χ0v) is 17.0. The minimum atomic E-state index is -3.99. The predicted octanol–water partition coefficient (Wildman–Crippen LogP) is 4.77. The third kappa shape index (κ3) is 4.52. The number of nitrogens with one attached hydrogen (secondary N) is 2. The first kappa shape index (κ1) is 20.8. The van der Waals surface area contributed by atoms with E-state index in [1.807, 2.05) is 0 Å². The lowest BCUT2D eigenvalue weighted by molar-refractivity contribution is 0.102. The molecule has 0 bridgehead atoms. The van der Waals surface area contributed by atoms with Crippen molar-refractivity contribution in [3.8, 4) is 0 Å². The van der Waals surface area contributed by atoms with Crippen molar-refractivity contribution in [3.63, 3.8) is 0 Å². The van der Waals surface area contributed by atoms with Gasteiger partial charge < -0.3 is 0 Å². The Morgan fingerprint density at radius 1 is 0.935 bits per heavy atom. The van der Waals surface area contributed by atoms with Gasteiger partial charge in [-0.15, -0.1) is 0 Å². The molecule has 4 aromatic rings. The number of sulfonamides is 1. The van der Waals surface area contributed by atoms with Crippen LogP contribution in [0.4, 0.5) is 24.0 Å². The first-order valence-corrected chi connectivity index (χ1v) is 11.0. The van der Waals surface area contributed by atoms with E-state index >= 15 is 0 Å². The smallest absolute Gasteiger partial charge is 0.261 e. The Bertz CT molecular complexity index is 1400. The molecule has 0 aliphatic carbocycles. The second kappa shape index (κ2) is 8.00. The van der Waals surface area contributed by atoms with Gasteiger partial charge in [0.1, 0.15) is 17.2 Å². The zero-order chi connectivity index (χ0) is 22.2. The number of halogens is 3. The van der Waals surface area contributed by atoms with E-state index in [0.29, 0.717) is 6.07 Å². The van der Waals surface area contributed by atoms with Crippen molar-refractivity contribution < 1.29 is 26.4 Å². The van der Waals surface area contributed by atoms with Crippen molar-refractivity contribution in [1.29, 1.82) is 0 Å². The Balaban J connectivity index is 1.54. The monoisotopic (exact) mass is 463 g/mol. The summed E-state index contributed by atoms with van der Waals surface area (Å²) in [5.41, 5.74) is 0.141. The van der Waals surface area contributed by atoms with E-state index in [9.17, 15) is 26.4 Å². The number of hydrogen-bond donors (Lipinski definition) is 2. The van der Waals surface area contributed by atoms with E-state index in [2.05, 4.69) is 15.0 Å². The first-order chi connectivity index (χ1) is 14.7. The van der Waals surface area contributed by atoms with Gasteiger partial charge >= 0.3 is 0 Å². The van der Waals surface area contributed by atoms with Crippen molar-refractivity contribution in [1.82, 2.24) is 4.98 Å². The van der Waals surface area contributed by atoms with Crippen LogP contribution in [-0.2, 0) is 10.0 Å². The van der Waals surface area contributed by atoms with Crippen LogP contribution in [-0.4, -0.2) is 19.3 Å². The van der Waals surface area contributed by atoms with Crippen molar-refractivity contribution >= 4 is 48.3 Å². The molecule has 6 nitrogen and oxygen atoms in total. The quantitative estimate of drug-likeness (QED) is 0.447. The van der Waals surface area contributed by atoms with Crippen LogP contribution in [0.15, 0.2) is 65.6 Å². The highest BCUT2D eigenvalue weighted by molar-refractivity contribution is 7.92. The molecule has 0 aliphatic rings. The summed E-state index contributed by atoms with van der Waals surface area (Å²) in [4.78, 5) is 16.3. The number of aromatic nitrogens is 1. The van der Waals surface area contributed by atoms with Crippen LogP contribution < -0.4 is 10.0 Å². The molecule has 4 rings (SSSR count). The summed E-state index contributed by atoms with van der Waals surface area (Å²) in [5, 5.41) is 2.54. The molecule has 0 unspecified atom stereocenters. The molecule has 158 valence electrons. The van der Waals surface area contributed by atoms with Gasteiger partial charge in [-0.3, -0.25) is 14.8 Å². The minimum absolute atomic E-state index is 0.0572. The fourth-order valence-corrected chi connectivity index (χ4v) is 4.68. The van der Waals surface area contributed by atoms with Gasteiger partial charge in [-0.2, -0.15) is 0 Å². The lowest BCUT2D eigenvalue weighted by atomic mass is 10.2. The Kier molecular flexibility index (Phi) is 5.38. The van der Waals surface area contributed by atoms with Crippen molar-refractivity contribution in [3.05, 3.63) is 83.7 Å². The molecular weight excluding hydrogens is 451 g/mol. The summed E-state index contributed by atoms with van der Waals surface area (Å²) in [5.74, 6) is -2.80. The van der Waals surface area contributed by atoms with Crippen molar-refractivity contribution in [2.24, 2.45) is 0 Å². The molecule has 1 amide bonds. The van der Waals surface area contributed by atoms with Gasteiger partial charge in [0.2, 0.25) is 0 Å². The average molecular weight is 463 g/mol. The lowest BCUT2D eigenvalue weighted by Gasteiger charge is -2.09. The van der Waals surface area contributed by atoms with Gasteiger partial charge in [0.15, 0.2) is 10.9 Å². The zero-order valence-electron chi connectivity index (χ0n) is 15.4.